The number of likely N-dealkylation sites (N-methyl/N-ethyl adjacent to an activating group) is 1. The van der Waals surface area contributed by atoms with E-state index < -0.39 is 11.7 Å². The van der Waals surface area contributed by atoms with E-state index in [9.17, 15) is 9.59 Å². The maximum Gasteiger partial charge on any atom is 0.289 e. The van der Waals surface area contributed by atoms with Gasteiger partial charge in [0.1, 0.15) is 6.10 Å². The standard InChI is InChI=1S/C23H29N3O4/c1-17-5-7-18(8-6-17)14-24-21(27)20-15-25(2)16-23(30-20)9-11-26(12-10-23)22(28)19-4-3-13-29-19/h3-8,13,20H,9-12,14-16H2,1-2H3,(H,24,27)/t20-/m0/s1. The Bertz CT molecular complexity index is 870. The van der Waals surface area contributed by atoms with Gasteiger partial charge in [-0.15, -0.1) is 0 Å². The molecule has 0 aliphatic carbocycles. The summed E-state index contributed by atoms with van der Waals surface area (Å²) in [6.07, 6.45) is 2.40. The van der Waals surface area contributed by atoms with Gasteiger partial charge in [0.05, 0.1) is 11.9 Å². The first-order valence-corrected chi connectivity index (χ1v) is 10.5. The number of carbonyl (C=O) groups is 2. The normalized spacial score (nSPS) is 21.5. The predicted molar refractivity (Wildman–Crippen MR) is 112 cm³/mol. The van der Waals surface area contributed by atoms with Gasteiger partial charge >= 0.3 is 0 Å². The second kappa shape index (κ2) is 8.62. The van der Waals surface area contributed by atoms with E-state index >= 15 is 0 Å². The summed E-state index contributed by atoms with van der Waals surface area (Å²) in [6, 6.07) is 11.5. The Balaban J connectivity index is 1.34. The smallest absolute Gasteiger partial charge is 0.289 e. The maximum atomic E-state index is 12.8. The summed E-state index contributed by atoms with van der Waals surface area (Å²) in [5.74, 6) is 0.183. The molecule has 2 aliphatic heterocycles. The van der Waals surface area contributed by atoms with Crippen LogP contribution in [0.15, 0.2) is 47.1 Å². The van der Waals surface area contributed by atoms with E-state index in [0.29, 0.717) is 44.8 Å². The van der Waals surface area contributed by atoms with Crippen molar-refractivity contribution in [3.63, 3.8) is 0 Å². The summed E-state index contributed by atoms with van der Waals surface area (Å²) < 4.78 is 11.6. The van der Waals surface area contributed by atoms with Gasteiger partial charge in [0.2, 0.25) is 0 Å². The summed E-state index contributed by atoms with van der Waals surface area (Å²) in [5.41, 5.74) is 1.86. The number of amides is 2. The molecule has 1 aromatic carbocycles. The summed E-state index contributed by atoms with van der Waals surface area (Å²) in [7, 11) is 2.02. The van der Waals surface area contributed by atoms with Gasteiger partial charge in [-0.05, 0) is 44.5 Å². The first kappa shape index (κ1) is 20.6. The van der Waals surface area contributed by atoms with Crippen LogP contribution in [-0.2, 0) is 16.1 Å². The molecule has 1 aromatic heterocycles. The monoisotopic (exact) mass is 411 g/mol. The minimum absolute atomic E-state index is 0.0874. The van der Waals surface area contributed by atoms with Gasteiger partial charge in [-0.1, -0.05) is 29.8 Å². The fourth-order valence-corrected chi connectivity index (χ4v) is 4.31. The average Bonchev–Trinajstić information content (AvgIpc) is 3.27. The highest BCUT2D eigenvalue weighted by molar-refractivity contribution is 5.91. The molecule has 2 fully saturated rings. The van der Waals surface area contributed by atoms with Gasteiger partial charge < -0.3 is 24.3 Å². The number of hydrogen-bond donors (Lipinski definition) is 1. The Labute approximate surface area is 177 Å². The van der Waals surface area contributed by atoms with E-state index in [2.05, 4.69) is 10.2 Å². The highest BCUT2D eigenvalue weighted by atomic mass is 16.5. The first-order chi connectivity index (χ1) is 14.4. The molecule has 1 atom stereocenters. The van der Waals surface area contributed by atoms with Crippen molar-refractivity contribution in [2.45, 2.75) is 38.0 Å². The van der Waals surface area contributed by atoms with E-state index in [1.54, 1.807) is 17.0 Å². The van der Waals surface area contributed by atoms with E-state index in [4.69, 9.17) is 9.15 Å². The molecule has 0 unspecified atom stereocenters. The van der Waals surface area contributed by atoms with E-state index in [0.717, 1.165) is 12.1 Å². The number of ether oxygens (including phenoxy) is 1. The fraction of sp³-hybridized carbons (Fsp3) is 0.478. The molecule has 2 aliphatic rings. The molecular weight excluding hydrogens is 382 g/mol. The van der Waals surface area contributed by atoms with Crippen molar-refractivity contribution >= 4 is 11.8 Å². The number of likely N-dealkylation sites (tertiary alicyclic amines) is 1. The minimum Gasteiger partial charge on any atom is -0.459 e. The number of carbonyl (C=O) groups excluding carboxylic acids is 2. The number of nitrogens with zero attached hydrogens (tertiary/aromatic N) is 2. The Morgan fingerprint density at radius 3 is 2.57 bits per heavy atom. The SMILES string of the molecule is Cc1ccc(CNC(=O)[C@@H]2CN(C)CC3(CCN(C(=O)c4ccco4)CC3)O2)cc1. The minimum atomic E-state index is -0.512. The van der Waals surface area contributed by atoms with Crippen LogP contribution >= 0.6 is 0 Å². The lowest BCUT2D eigenvalue weighted by atomic mass is 9.88. The van der Waals surface area contributed by atoms with Crippen LogP contribution < -0.4 is 5.32 Å². The number of benzene rings is 1. The number of morpholine rings is 1. The van der Waals surface area contributed by atoms with Crippen LogP contribution in [0.3, 0.4) is 0 Å². The van der Waals surface area contributed by atoms with Crippen LogP contribution in [0, 0.1) is 6.92 Å². The maximum absolute atomic E-state index is 12.8. The van der Waals surface area contributed by atoms with Crippen molar-refractivity contribution < 1.29 is 18.7 Å². The molecule has 1 spiro atoms. The second-order valence-corrected chi connectivity index (χ2v) is 8.46. The molecule has 2 saturated heterocycles. The zero-order chi connectivity index (χ0) is 21.1. The molecule has 0 bridgehead atoms. The lowest BCUT2D eigenvalue weighted by Gasteiger charge is -2.48. The number of piperidine rings is 1. The Kier molecular flexibility index (Phi) is 5.92. The number of furan rings is 1. The van der Waals surface area contributed by atoms with Gasteiger partial charge in [-0.3, -0.25) is 9.59 Å². The van der Waals surface area contributed by atoms with E-state index in [1.807, 2.05) is 38.2 Å². The molecule has 160 valence electrons. The topological polar surface area (TPSA) is 75.0 Å². The highest BCUT2D eigenvalue weighted by Crippen LogP contribution is 2.32. The van der Waals surface area contributed by atoms with Gasteiger partial charge in [-0.25, -0.2) is 0 Å². The molecule has 0 radical (unpaired) electrons. The molecule has 30 heavy (non-hydrogen) atoms. The molecular formula is C23H29N3O4. The largest absolute Gasteiger partial charge is 0.459 e. The van der Waals surface area contributed by atoms with Gasteiger partial charge in [0.25, 0.3) is 11.8 Å². The number of rotatable bonds is 4. The van der Waals surface area contributed by atoms with E-state index in [1.165, 1.54) is 11.8 Å². The molecule has 1 N–H and O–H groups in total. The summed E-state index contributed by atoms with van der Waals surface area (Å²) >= 11 is 0. The first-order valence-electron chi connectivity index (χ1n) is 10.5. The molecule has 2 amide bonds. The summed E-state index contributed by atoms with van der Waals surface area (Å²) in [4.78, 5) is 29.3. The van der Waals surface area contributed by atoms with Crippen LogP contribution in [0.25, 0.3) is 0 Å². The second-order valence-electron chi connectivity index (χ2n) is 8.46. The average molecular weight is 412 g/mol. The van der Waals surface area contributed by atoms with Crippen LogP contribution in [0.4, 0.5) is 0 Å². The fourth-order valence-electron chi connectivity index (χ4n) is 4.31. The number of aryl methyl sites for hydroxylation is 1. The molecule has 7 heteroatoms. The zero-order valence-corrected chi connectivity index (χ0v) is 17.6. The lowest BCUT2D eigenvalue weighted by molar-refractivity contribution is -0.180. The molecule has 4 rings (SSSR count). The molecule has 3 heterocycles. The quantitative estimate of drug-likeness (QED) is 0.835. The molecule has 7 nitrogen and oxygen atoms in total. The lowest BCUT2D eigenvalue weighted by Crippen LogP contribution is -2.61. The number of nitrogens with one attached hydrogen (secondary N) is 1. The Morgan fingerprint density at radius 1 is 1.17 bits per heavy atom. The van der Waals surface area contributed by atoms with Crippen molar-refractivity contribution in [3.05, 3.63) is 59.5 Å². The Morgan fingerprint density at radius 2 is 1.90 bits per heavy atom. The predicted octanol–water partition coefficient (Wildman–Crippen LogP) is 2.21. The zero-order valence-electron chi connectivity index (χ0n) is 17.6. The van der Waals surface area contributed by atoms with Crippen molar-refractivity contribution in [3.8, 4) is 0 Å². The summed E-state index contributed by atoms with van der Waals surface area (Å²) in [6.45, 7) is 5.03. The third kappa shape index (κ3) is 4.57. The molecule has 0 saturated carbocycles. The van der Waals surface area contributed by atoms with Gasteiger partial charge in [-0.2, -0.15) is 0 Å². The van der Waals surface area contributed by atoms with Crippen molar-refractivity contribution in [1.29, 1.82) is 0 Å². The van der Waals surface area contributed by atoms with Crippen molar-refractivity contribution in [2.75, 3.05) is 33.2 Å². The third-order valence-corrected chi connectivity index (χ3v) is 6.00. The van der Waals surface area contributed by atoms with Gasteiger partial charge in [0.15, 0.2) is 5.76 Å². The van der Waals surface area contributed by atoms with Crippen LogP contribution in [-0.4, -0.2) is 66.5 Å². The highest BCUT2D eigenvalue weighted by Gasteiger charge is 2.44. The van der Waals surface area contributed by atoms with Crippen molar-refractivity contribution in [1.82, 2.24) is 15.1 Å². The Hall–Kier alpha value is -2.64. The van der Waals surface area contributed by atoms with Crippen LogP contribution in [0.1, 0.15) is 34.5 Å². The third-order valence-electron chi connectivity index (χ3n) is 6.00. The van der Waals surface area contributed by atoms with Crippen LogP contribution in [0.5, 0.6) is 0 Å². The van der Waals surface area contributed by atoms with Crippen molar-refractivity contribution in [2.24, 2.45) is 0 Å². The number of hydrogen-bond acceptors (Lipinski definition) is 5. The van der Waals surface area contributed by atoms with Crippen LogP contribution in [0.2, 0.25) is 0 Å². The summed E-state index contributed by atoms with van der Waals surface area (Å²) in [5, 5.41) is 3.01. The van der Waals surface area contributed by atoms with Gasteiger partial charge in [0, 0.05) is 32.7 Å². The van der Waals surface area contributed by atoms with E-state index in [-0.39, 0.29) is 11.8 Å². The molecule has 2 aromatic rings.